The van der Waals surface area contributed by atoms with Crippen molar-refractivity contribution in [2.75, 3.05) is 27.2 Å². The summed E-state index contributed by atoms with van der Waals surface area (Å²) in [5, 5.41) is 2.99. The van der Waals surface area contributed by atoms with Gasteiger partial charge in [-0.15, -0.1) is 0 Å². The molecule has 0 aliphatic carbocycles. The summed E-state index contributed by atoms with van der Waals surface area (Å²) in [6.45, 7) is 6.14. The highest BCUT2D eigenvalue weighted by Gasteiger charge is 2.27. The predicted molar refractivity (Wildman–Crippen MR) is 63.7 cm³/mol. The molecule has 3 N–H and O–H groups in total. The number of amides is 1. The lowest BCUT2D eigenvalue weighted by atomic mass is 9.95. The van der Waals surface area contributed by atoms with Gasteiger partial charge in [-0.1, -0.05) is 6.92 Å². The second-order valence-electron chi connectivity index (χ2n) is 4.35. The SMILES string of the molecule is CCCN(C)CCCC(C)(NC)C(N)=O. The first kappa shape index (κ1) is 14.4. The van der Waals surface area contributed by atoms with Crippen molar-refractivity contribution in [3.8, 4) is 0 Å². The first-order valence-electron chi connectivity index (χ1n) is 5.63. The van der Waals surface area contributed by atoms with E-state index in [-0.39, 0.29) is 5.91 Å². The lowest BCUT2D eigenvalue weighted by molar-refractivity contribution is -0.123. The molecule has 4 nitrogen and oxygen atoms in total. The van der Waals surface area contributed by atoms with Gasteiger partial charge in [0.2, 0.25) is 5.91 Å². The average molecular weight is 215 g/mol. The van der Waals surface area contributed by atoms with E-state index in [2.05, 4.69) is 24.2 Å². The van der Waals surface area contributed by atoms with Gasteiger partial charge in [0.1, 0.15) is 0 Å². The smallest absolute Gasteiger partial charge is 0.237 e. The van der Waals surface area contributed by atoms with Crippen molar-refractivity contribution in [3.05, 3.63) is 0 Å². The van der Waals surface area contributed by atoms with Gasteiger partial charge in [0.15, 0.2) is 0 Å². The molecule has 90 valence electrons. The Labute approximate surface area is 93.2 Å². The van der Waals surface area contributed by atoms with E-state index in [1.165, 1.54) is 0 Å². The Hall–Kier alpha value is -0.610. The number of nitrogens with two attached hydrogens (primary N) is 1. The van der Waals surface area contributed by atoms with E-state index in [4.69, 9.17) is 5.73 Å². The fourth-order valence-corrected chi connectivity index (χ4v) is 1.57. The summed E-state index contributed by atoms with van der Waals surface area (Å²) in [7, 11) is 3.88. The van der Waals surface area contributed by atoms with Crippen LogP contribution in [0.25, 0.3) is 0 Å². The molecule has 0 aromatic rings. The molecule has 0 aliphatic rings. The number of rotatable bonds is 8. The van der Waals surface area contributed by atoms with E-state index in [1.807, 2.05) is 6.92 Å². The lowest BCUT2D eigenvalue weighted by Gasteiger charge is -2.26. The zero-order valence-electron chi connectivity index (χ0n) is 10.5. The molecule has 0 aliphatic heterocycles. The number of hydrogen-bond acceptors (Lipinski definition) is 3. The van der Waals surface area contributed by atoms with Crippen LogP contribution in [0.15, 0.2) is 0 Å². The van der Waals surface area contributed by atoms with Crippen LogP contribution >= 0.6 is 0 Å². The van der Waals surface area contributed by atoms with E-state index in [0.717, 1.165) is 32.4 Å². The number of primary amides is 1. The standard InChI is InChI=1S/C11H25N3O/c1-5-8-14(4)9-6-7-11(2,13-3)10(12)15/h13H,5-9H2,1-4H3,(H2,12,15). The summed E-state index contributed by atoms with van der Waals surface area (Å²) in [4.78, 5) is 13.5. The maximum atomic E-state index is 11.2. The Bertz CT molecular complexity index is 196. The molecule has 0 heterocycles. The molecule has 4 heteroatoms. The minimum absolute atomic E-state index is 0.275. The zero-order chi connectivity index (χ0) is 11.9. The molecule has 15 heavy (non-hydrogen) atoms. The largest absolute Gasteiger partial charge is 0.368 e. The van der Waals surface area contributed by atoms with Crippen LogP contribution in [0.2, 0.25) is 0 Å². The van der Waals surface area contributed by atoms with E-state index < -0.39 is 5.54 Å². The van der Waals surface area contributed by atoms with Crippen LogP contribution in [0.5, 0.6) is 0 Å². The highest BCUT2D eigenvalue weighted by Crippen LogP contribution is 2.11. The van der Waals surface area contributed by atoms with Crippen LogP contribution < -0.4 is 11.1 Å². The van der Waals surface area contributed by atoms with Crippen molar-refractivity contribution >= 4 is 5.91 Å². The van der Waals surface area contributed by atoms with Crippen LogP contribution in [0.3, 0.4) is 0 Å². The van der Waals surface area contributed by atoms with Crippen molar-refractivity contribution in [1.82, 2.24) is 10.2 Å². The maximum absolute atomic E-state index is 11.2. The molecule has 1 amide bonds. The van der Waals surface area contributed by atoms with Crippen molar-refractivity contribution in [2.24, 2.45) is 5.73 Å². The van der Waals surface area contributed by atoms with Crippen molar-refractivity contribution in [1.29, 1.82) is 0 Å². The summed E-state index contributed by atoms with van der Waals surface area (Å²) in [6.07, 6.45) is 2.93. The Morgan fingerprint density at radius 3 is 2.47 bits per heavy atom. The second-order valence-corrected chi connectivity index (χ2v) is 4.35. The molecule has 0 aromatic heterocycles. The van der Waals surface area contributed by atoms with Gasteiger partial charge >= 0.3 is 0 Å². The number of carbonyl (C=O) groups is 1. The predicted octanol–water partition coefficient (Wildman–Crippen LogP) is 0.572. The molecule has 0 saturated heterocycles. The number of carbonyl (C=O) groups excluding carboxylic acids is 1. The monoisotopic (exact) mass is 215 g/mol. The Morgan fingerprint density at radius 2 is 2.07 bits per heavy atom. The first-order chi connectivity index (χ1) is 6.96. The minimum Gasteiger partial charge on any atom is -0.368 e. The van der Waals surface area contributed by atoms with E-state index in [0.29, 0.717) is 0 Å². The van der Waals surface area contributed by atoms with Gasteiger partial charge in [0, 0.05) is 0 Å². The van der Waals surface area contributed by atoms with Gasteiger partial charge in [0.05, 0.1) is 5.54 Å². The third-order valence-corrected chi connectivity index (χ3v) is 2.92. The quantitative estimate of drug-likeness (QED) is 0.622. The fraction of sp³-hybridized carbons (Fsp3) is 0.909. The van der Waals surface area contributed by atoms with Gasteiger partial charge in [-0.25, -0.2) is 0 Å². The van der Waals surface area contributed by atoms with E-state index >= 15 is 0 Å². The number of nitrogens with one attached hydrogen (secondary N) is 1. The van der Waals surface area contributed by atoms with Crippen molar-refractivity contribution < 1.29 is 4.79 Å². The van der Waals surface area contributed by atoms with Crippen LogP contribution in [0, 0.1) is 0 Å². The highest BCUT2D eigenvalue weighted by molar-refractivity contribution is 5.84. The molecule has 0 spiro atoms. The summed E-state index contributed by atoms with van der Waals surface area (Å²) in [5.41, 5.74) is 4.78. The molecule has 0 bridgehead atoms. The summed E-state index contributed by atoms with van der Waals surface area (Å²) < 4.78 is 0. The summed E-state index contributed by atoms with van der Waals surface area (Å²) in [5.74, 6) is -0.275. The van der Waals surface area contributed by atoms with Crippen molar-refractivity contribution in [3.63, 3.8) is 0 Å². The van der Waals surface area contributed by atoms with Crippen LogP contribution in [-0.4, -0.2) is 43.5 Å². The highest BCUT2D eigenvalue weighted by atomic mass is 16.1. The van der Waals surface area contributed by atoms with E-state index in [1.54, 1.807) is 7.05 Å². The first-order valence-corrected chi connectivity index (χ1v) is 5.63. The topological polar surface area (TPSA) is 58.4 Å². The fourth-order valence-electron chi connectivity index (χ4n) is 1.57. The third kappa shape index (κ3) is 5.14. The van der Waals surface area contributed by atoms with Crippen molar-refractivity contribution in [2.45, 2.75) is 38.6 Å². The number of hydrogen-bond donors (Lipinski definition) is 2. The molecular formula is C11H25N3O. The third-order valence-electron chi connectivity index (χ3n) is 2.92. The van der Waals surface area contributed by atoms with Crippen LogP contribution in [0.1, 0.15) is 33.1 Å². The summed E-state index contributed by atoms with van der Waals surface area (Å²) >= 11 is 0. The molecule has 1 unspecified atom stereocenters. The van der Waals surface area contributed by atoms with E-state index in [9.17, 15) is 4.79 Å². The minimum atomic E-state index is -0.562. The van der Waals surface area contributed by atoms with Crippen LogP contribution in [0.4, 0.5) is 0 Å². The molecule has 0 aromatic carbocycles. The Kier molecular flexibility index (Phi) is 6.52. The molecule has 1 atom stereocenters. The molecule has 0 saturated carbocycles. The zero-order valence-corrected chi connectivity index (χ0v) is 10.5. The average Bonchev–Trinajstić information content (AvgIpc) is 2.17. The van der Waals surface area contributed by atoms with Gasteiger partial charge < -0.3 is 16.0 Å². The lowest BCUT2D eigenvalue weighted by Crippen LogP contribution is -2.51. The normalized spacial score (nSPS) is 15.3. The Morgan fingerprint density at radius 1 is 1.47 bits per heavy atom. The van der Waals surface area contributed by atoms with Gasteiger partial charge in [-0.2, -0.15) is 0 Å². The maximum Gasteiger partial charge on any atom is 0.237 e. The number of nitrogens with zero attached hydrogens (tertiary/aromatic N) is 1. The van der Waals surface area contributed by atoms with Gasteiger partial charge in [-0.3, -0.25) is 4.79 Å². The van der Waals surface area contributed by atoms with Crippen LogP contribution in [-0.2, 0) is 4.79 Å². The van der Waals surface area contributed by atoms with Gasteiger partial charge in [0.25, 0.3) is 0 Å². The molecule has 0 fully saturated rings. The number of likely N-dealkylation sites (N-methyl/N-ethyl adjacent to an activating group) is 1. The van der Waals surface area contributed by atoms with Gasteiger partial charge in [-0.05, 0) is 53.4 Å². The summed E-state index contributed by atoms with van der Waals surface area (Å²) in [6, 6.07) is 0. The second kappa shape index (κ2) is 6.80. The molecule has 0 rings (SSSR count). The molecular weight excluding hydrogens is 190 g/mol. The Balaban J connectivity index is 3.87. The molecule has 0 radical (unpaired) electrons.